The fraction of sp³-hybridized carbons (Fsp3) is 0.375. The maximum Gasteiger partial charge on any atom is 0.328 e. The van der Waals surface area contributed by atoms with Crippen molar-refractivity contribution in [3.05, 3.63) is 76.2 Å². The predicted octanol–water partition coefficient (Wildman–Crippen LogP) is 4.97. The minimum Gasteiger partial charge on any atom is -0.493 e. The molecule has 1 aromatic heterocycles. The molecule has 43 heavy (non-hydrogen) atoms. The van der Waals surface area contributed by atoms with Crippen LogP contribution in [0.25, 0.3) is 11.0 Å². The lowest BCUT2D eigenvalue weighted by atomic mass is 10.2. The summed E-state index contributed by atoms with van der Waals surface area (Å²) >= 11 is 0. The molecular formula is C32H39N3O7S. The van der Waals surface area contributed by atoms with Crippen molar-refractivity contribution in [2.45, 2.75) is 36.8 Å². The van der Waals surface area contributed by atoms with Crippen LogP contribution in [0.4, 0.5) is 0 Å². The fourth-order valence-corrected chi connectivity index (χ4v) is 6.09. The summed E-state index contributed by atoms with van der Waals surface area (Å²) in [6.07, 6.45) is 3.29. The highest BCUT2D eigenvalue weighted by atomic mass is 32.2. The third-order valence-corrected chi connectivity index (χ3v) is 8.64. The lowest BCUT2D eigenvalue weighted by Gasteiger charge is -2.16. The largest absolute Gasteiger partial charge is 0.493 e. The maximum absolute atomic E-state index is 13.5. The van der Waals surface area contributed by atoms with E-state index in [1.165, 1.54) is 27.3 Å². The molecule has 230 valence electrons. The molecule has 0 saturated carbocycles. The summed E-state index contributed by atoms with van der Waals surface area (Å²) in [7, 11) is 3.47. The average Bonchev–Trinajstić information content (AvgIpc) is 3.18. The summed E-state index contributed by atoms with van der Waals surface area (Å²) < 4.78 is 48.3. The van der Waals surface area contributed by atoms with E-state index in [1.54, 1.807) is 44.4 Å². The first-order chi connectivity index (χ1) is 20.5. The van der Waals surface area contributed by atoms with Gasteiger partial charge in [-0.1, -0.05) is 19.1 Å². The third-order valence-electron chi connectivity index (χ3n) is 6.98. The van der Waals surface area contributed by atoms with Gasteiger partial charge in [0.2, 0.25) is 0 Å². The lowest BCUT2D eigenvalue weighted by Crippen LogP contribution is -2.19. The number of carbonyl (C=O) groups is 1. The van der Waals surface area contributed by atoms with Gasteiger partial charge in [-0.15, -0.1) is 0 Å². The predicted molar refractivity (Wildman–Crippen MR) is 166 cm³/mol. The topological polar surface area (TPSA) is 109 Å². The Morgan fingerprint density at radius 2 is 1.51 bits per heavy atom. The molecule has 4 aromatic rings. The number of unbranched alkanes of at least 4 members (excludes halogenated alkanes) is 1. The molecule has 4 rings (SSSR count). The number of fused-ring (bicyclic) bond motifs is 1. The summed E-state index contributed by atoms with van der Waals surface area (Å²) in [6.45, 7) is 4.01. The molecule has 0 aliphatic carbocycles. The molecule has 0 atom stereocenters. The molecule has 0 radical (unpaired) electrons. The molecule has 0 unspecified atom stereocenters. The molecular weight excluding hydrogens is 570 g/mol. The van der Waals surface area contributed by atoms with E-state index in [-0.39, 0.29) is 21.9 Å². The van der Waals surface area contributed by atoms with Gasteiger partial charge in [-0.3, -0.25) is 13.9 Å². The monoisotopic (exact) mass is 609 g/mol. The van der Waals surface area contributed by atoms with E-state index in [9.17, 15) is 18.0 Å². The van der Waals surface area contributed by atoms with E-state index in [2.05, 4.69) is 4.90 Å². The molecule has 0 saturated heterocycles. The van der Waals surface area contributed by atoms with Crippen molar-refractivity contribution in [3.8, 4) is 23.0 Å². The molecule has 0 N–H and O–H groups in total. The number of carbonyl (C=O) groups excluding carboxylic acids is 1. The van der Waals surface area contributed by atoms with Crippen molar-refractivity contribution < 1.29 is 27.4 Å². The number of nitrogens with zero attached hydrogens (tertiary/aromatic N) is 3. The number of hydrogen-bond acceptors (Lipinski definition) is 8. The highest BCUT2D eigenvalue weighted by Gasteiger charge is 2.22. The van der Waals surface area contributed by atoms with Crippen molar-refractivity contribution in [1.29, 1.82) is 0 Å². The van der Waals surface area contributed by atoms with Crippen molar-refractivity contribution >= 4 is 27.2 Å². The number of sulfone groups is 1. The van der Waals surface area contributed by atoms with Crippen LogP contribution in [0, 0.1) is 0 Å². The molecule has 1 heterocycles. The van der Waals surface area contributed by atoms with Crippen LogP contribution < -0.4 is 19.9 Å². The number of ether oxygens (including phenoxy) is 3. The van der Waals surface area contributed by atoms with Crippen molar-refractivity contribution in [3.63, 3.8) is 0 Å². The van der Waals surface area contributed by atoms with Crippen molar-refractivity contribution in [2.24, 2.45) is 14.1 Å². The summed E-state index contributed by atoms with van der Waals surface area (Å²) in [5, 5.41) is 0. The molecule has 0 bridgehead atoms. The first kappa shape index (κ1) is 31.8. The van der Waals surface area contributed by atoms with E-state index >= 15 is 0 Å². The van der Waals surface area contributed by atoms with Gasteiger partial charge in [-0.25, -0.2) is 13.2 Å². The lowest BCUT2D eigenvalue weighted by molar-refractivity contribution is 0.112. The number of aromatic nitrogens is 2. The number of benzene rings is 3. The number of hydrogen-bond donors (Lipinski definition) is 0. The van der Waals surface area contributed by atoms with E-state index < -0.39 is 15.6 Å². The summed E-state index contributed by atoms with van der Waals surface area (Å²) in [6, 6.07) is 14.5. The molecule has 0 aliphatic rings. The number of imidazole rings is 1. The zero-order chi connectivity index (χ0) is 31.1. The van der Waals surface area contributed by atoms with Crippen LogP contribution in [0.5, 0.6) is 23.0 Å². The first-order valence-electron chi connectivity index (χ1n) is 14.2. The molecule has 0 spiro atoms. The van der Waals surface area contributed by atoms with Gasteiger partial charge >= 0.3 is 5.69 Å². The van der Waals surface area contributed by atoms with Crippen LogP contribution >= 0.6 is 0 Å². The van der Waals surface area contributed by atoms with Gasteiger partial charge in [-0.05, 0) is 58.1 Å². The van der Waals surface area contributed by atoms with Crippen LogP contribution in [0.3, 0.4) is 0 Å². The van der Waals surface area contributed by atoms with Gasteiger partial charge < -0.3 is 19.1 Å². The van der Waals surface area contributed by atoms with Crippen molar-refractivity contribution in [2.75, 3.05) is 33.9 Å². The Kier molecular flexibility index (Phi) is 10.3. The van der Waals surface area contributed by atoms with E-state index in [0.717, 1.165) is 25.8 Å². The smallest absolute Gasteiger partial charge is 0.328 e. The standard InChI is InChI=1S/C32H39N3O7S/c1-6-13-40-25-17-26(41-14-8-7-12-33(2)3)19-27(18-25)42-31-20-30-29(34(4)32(37)35(30)5)16-24(31)22-43(38,39)28-11-9-10-23(15-28)21-36/h9-11,15-21H,6-8,12-14,22H2,1-5H3. The van der Waals surface area contributed by atoms with Gasteiger partial charge in [0.25, 0.3) is 0 Å². The van der Waals surface area contributed by atoms with Gasteiger partial charge in [0, 0.05) is 49.5 Å². The van der Waals surface area contributed by atoms with Gasteiger partial charge in [0.15, 0.2) is 9.84 Å². The van der Waals surface area contributed by atoms with E-state index in [4.69, 9.17) is 14.2 Å². The molecule has 0 fully saturated rings. The summed E-state index contributed by atoms with van der Waals surface area (Å²) in [4.78, 5) is 26.2. The van der Waals surface area contributed by atoms with E-state index in [0.29, 0.717) is 53.3 Å². The van der Waals surface area contributed by atoms with Crippen LogP contribution in [0.15, 0.2) is 64.3 Å². The van der Waals surface area contributed by atoms with Gasteiger partial charge in [0.1, 0.15) is 29.3 Å². The second-order valence-electron chi connectivity index (χ2n) is 10.7. The second kappa shape index (κ2) is 13.9. The zero-order valence-electron chi connectivity index (χ0n) is 25.3. The second-order valence-corrected chi connectivity index (χ2v) is 12.7. The van der Waals surface area contributed by atoms with Crippen molar-refractivity contribution in [1.82, 2.24) is 14.0 Å². The minimum absolute atomic E-state index is 0.0185. The van der Waals surface area contributed by atoms with Crippen LogP contribution in [-0.2, 0) is 29.7 Å². The highest BCUT2D eigenvalue weighted by molar-refractivity contribution is 7.90. The summed E-state index contributed by atoms with van der Waals surface area (Å²) in [5.41, 5.74) is 1.52. The Morgan fingerprint density at radius 1 is 0.860 bits per heavy atom. The number of rotatable bonds is 15. The first-order valence-corrected chi connectivity index (χ1v) is 15.9. The number of aryl methyl sites for hydroxylation is 2. The molecule has 10 nitrogen and oxygen atoms in total. The quantitative estimate of drug-likeness (QED) is 0.137. The molecule has 11 heteroatoms. The van der Waals surface area contributed by atoms with Gasteiger partial charge in [-0.2, -0.15) is 0 Å². The molecule has 0 aliphatic heterocycles. The molecule has 0 amide bonds. The fourth-order valence-electron chi connectivity index (χ4n) is 4.68. The zero-order valence-corrected chi connectivity index (χ0v) is 26.1. The van der Waals surface area contributed by atoms with Gasteiger partial charge in [0.05, 0.1) is 34.9 Å². The average molecular weight is 610 g/mol. The van der Waals surface area contributed by atoms with E-state index in [1.807, 2.05) is 27.1 Å². The summed E-state index contributed by atoms with van der Waals surface area (Å²) in [5.74, 6) is 1.40. The Hall–Kier alpha value is -4.09. The maximum atomic E-state index is 13.5. The van der Waals surface area contributed by atoms with Crippen LogP contribution in [-0.4, -0.2) is 62.6 Å². The third kappa shape index (κ3) is 7.85. The minimum atomic E-state index is -3.88. The highest BCUT2D eigenvalue weighted by Crippen LogP contribution is 2.36. The van der Waals surface area contributed by atoms with Crippen LogP contribution in [0.1, 0.15) is 42.1 Å². The Balaban J connectivity index is 1.73. The SMILES string of the molecule is CCCOc1cc(OCCCCN(C)C)cc(Oc2cc3c(cc2CS(=O)(=O)c2cccc(C=O)c2)n(C)c(=O)n3C)c1. The Bertz CT molecular complexity index is 1760. The molecule has 3 aromatic carbocycles. The van der Waals surface area contributed by atoms with Crippen LogP contribution in [0.2, 0.25) is 0 Å². The normalized spacial score (nSPS) is 11.7. The Morgan fingerprint density at radius 3 is 2.16 bits per heavy atom. The Labute approximate surface area is 252 Å². The number of aldehydes is 1.